The van der Waals surface area contributed by atoms with Crippen molar-refractivity contribution < 1.29 is 5.11 Å². The molecule has 0 aromatic rings. The van der Waals surface area contributed by atoms with E-state index in [1.807, 2.05) is 0 Å². The number of aliphatic hydroxyl groups is 1. The van der Waals surface area contributed by atoms with Crippen LogP contribution in [0.25, 0.3) is 0 Å². The molecule has 2 aliphatic carbocycles. The summed E-state index contributed by atoms with van der Waals surface area (Å²) >= 11 is 4.20. The molecule has 58 valence electrons. The summed E-state index contributed by atoms with van der Waals surface area (Å²) in [6.45, 7) is 0. The molecule has 3 heteroatoms. The molecular weight excluding hydrogens is 164 g/mol. The Labute approximate surface area is 70.4 Å². The Kier molecular flexibility index (Phi) is 1.91. The smallest absolute Gasteiger partial charge is 0.0615 e. The van der Waals surface area contributed by atoms with E-state index < -0.39 is 0 Å². The van der Waals surface area contributed by atoms with E-state index in [0.29, 0.717) is 17.1 Å². The van der Waals surface area contributed by atoms with Gasteiger partial charge in [-0.05, 0) is 18.8 Å². The van der Waals surface area contributed by atoms with Gasteiger partial charge in [0.1, 0.15) is 0 Å². The zero-order valence-corrected chi connectivity index (χ0v) is 7.44. The summed E-state index contributed by atoms with van der Waals surface area (Å²) in [7, 11) is 1.63. The molecule has 0 aromatic carbocycles. The molecule has 10 heavy (non-hydrogen) atoms. The van der Waals surface area contributed by atoms with Gasteiger partial charge in [-0.15, -0.1) is 11.7 Å². The third kappa shape index (κ3) is 0.990. The van der Waals surface area contributed by atoms with E-state index in [4.69, 9.17) is 0 Å². The summed E-state index contributed by atoms with van der Waals surface area (Å²) < 4.78 is 0. The highest BCUT2D eigenvalue weighted by Gasteiger charge is 2.54. The van der Waals surface area contributed by atoms with Crippen molar-refractivity contribution in [3.63, 3.8) is 0 Å². The maximum Gasteiger partial charge on any atom is 0.0615 e. The molecule has 0 aromatic heterocycles. The Hall–Kier alpha value is 0.660. The second-order valence-electron chi connectivity index (χ2n) is 3.31. The molecule has 2 saturated carbocycles. The lowest BCUT2D eigenvalue weighted by molar-refractivity contribution is 0.249. The van der Waals surface area contributed by atoms with Crippen LogP contribution in [0.15, 0.2) is 0 Å². The van der Waals surface area contributed by atoms with Crippen LogP contribution in [0.2, 0.25) is 0 Å². The monoisotopic (exact) mass is 176 g/mol. The molecular formula is C7H12OS2. The summed E-state index contributed by atoms with van der Waals surface area (Å²) in [5, 5.41) is 10.0. The first-order valence-corrected chi connectivity index (χ1v) is 5.76. The summed E-state index contributed by atoms with van der Waals surface area (Å²) in [5.74, 6) is 1.23. The largest absolute Gasteiger partial charge is 0.392 e. The highest BCUT2D eigenvalue weighted by molar-refractivity contribution is 8.68. The van der Waals surface area contributed by atoms with E-state index in [9.17, 15) is 5.11 Å². The van der Waals surface area contributed by atoms with Crippen LogP contribution >= 0.6 is 22.5 Å². The predicted molar refractivity (Wildman–Crippen MR) is 47.2 cm³/mol. The van der Waals surface area contributed by atoms with Crippen LogP contribution in [0.3, 0.4) is 0 Å². The highest BCUT2D eigenvalue weighted by atomic mass is 33.1. The number of aliphatic hydroxyl groups excluding tert-OH is 1. The lowest BCUT2D eigenvalue weighted by Crippen LogP contribution is -2.10. The minimum atomic E-state index is 0.0205. The van der Waals surface area contributed by atoms with Crippen LogP contribution in [-0.4, -0.2) is 16.5 Å². The van der Waals surface area contributed by atoms with Crippen molar-refractivity contribution in [1.82, 2.24) is 0 Å². The number of fused-ring (bicyclic) bond motifs is 1. The molecule has 0 bridgehead atoms. The lowest BCUT2D eigenvalue weighted by Gasteiger charge is -2.16. The van der Waals surface area contributed by atoms with Crippen LogP contribution < -0.4 is 0 Å². The molecule has 2 aliphatic rings. The quantitative estimate of drug-likeness (QED) is 0.469. The van der Waals surface area contributed by atoms with Crippen LogP contribution in [0, 0.1) is 11.8 Å². The van der Waals surface area contributed by atoms with E-state index in [-0.39, 0.29) is 6.10 Å². The van der Waals surface area contributed by atoms with E-state index in [0.717, 1.165) is 0 Å². The number of hydrogen-bond acceptors (Lipinski definition) is 3. The fourth-order valence-electron chi connectivity index (χ4n) is 2.11. The molecule has 0 heterocycles. The maximum atomic E-state index is 9.38. The Morgan fingerprint density at radius 1 is 1.40 bits per heavy atom. The van der Waals surface area contributed by atoms with Gasteiger partial charge in [0.25, 0.3) is 0 Å². The second kappa shape index (κ2) is 2.61. The van der Waals surface area contributed by atoms with Crippen molar-refractivity contribution >= 4 is 22.5 Å². The van der Waals surface area contributed by atoms with E-state index >= 15 is 0 Å². The van der Waals surface area contributed by atoms with Crippen LogP contribution in [-0.2, 0) is 0 Å². The molecule has 1 nitrogen and oxygen atoms in total. The second-order valence-corrected chi connectivity index (χ2v) is 4.76. The molecule has 0 saturated heterocycles. The average molecular weight is 176 g/mol. The van der Waals surface area contributed by atoms with Crippen molar-refractivity contribution in [2.24, 2.45) is 11.8 Å². The van der Waals surface area contributed by atoms with E-state index in [1.54, 1.807) is 10.8 Å². The lowest BCUT2D eigenvalue weighted by atomic mass is 10.0. The summed E-state index contributed by atoms with van der Waals surface area (Å²) in [6, 6.07) is 0. The Morgan fingerprint density at radius 3 is 2.80 bits per heavy atom. The zero-order chi connectivity index (χ0) is 7.14. The first-order valence-electron chi connectivity index (χ1n) is 3.83. The highest BCUT2D eigenvalue weighted by Crippen LogP contribution is 2.54. The van der Waals surface area contributed by atoms with Gasteiger partial charge in [-0.2, -0.15) is 0 Å². The maximum absolute atomic E-state index is 9.38. The van der Waals surface area contributed by atoms with Crippen LogP contribution in [0.4, 0.5) is 0 Å². The topological polar surface area (TPSA) is 20.2 Å². The first-order chi connectivity index (χ1) is 4.84. The Bertz CT molecular complexity index is 140. The van der Waals surface area contributed by atoms with Crippen LogP contribution in [0.5, 0.6) is 0 Å². The minimum absolute atomic E-state index is 0.0205. The molecule has 0 spiro atoms. The van der Waals surface area contributed by atoms with Gasteiger partial charge in [-0.3, -0.25) is 0 Å². The SMILES string of the molecule is OC1C2CCCC(SS)C12. The van der Waals surface area contributed by atoms with Gasteiger partial charge in [0.05, 0.1) is 6.10 Å². The molecule has 0 amide bonds. The molecule has 0 aliphatic heterocycles. The molecule has 4 unspecified atom stereocenters. The Balaban J connectivity index is 1.98. The normalized spacial score (nSPS) is 52.2. The van der Waals surface area contributed by atoms with Crippen molar-refractivity contribution in [3.05, 3.63) is 0 Å². The van der Waals surface area contributed by atoms with Gasteiger partial charge in [-0.1, -0.05) is 17.2 Å². The summed E-state index contributed by atoms with van der Waals surface area (Å²) in [6.07, 6.45) is 3.81. The summed E-state index contributed by atoms with van der Waals surface area (Å²) in [5.41, 5.74) is 0. The number of rotatable bonds is 1. The average Bonchev–Trinajstić information content (AvgIpc) is 2.63. The number of thiol groups is 1. The van der Waals surface area contributed by atoms with Crippen molar-refractivity contribution in [3.8, 4) is 0 Å². The fourth-order valence-corrected chi connectivity index (χ4v) is 3.62. The third-order valence-electron chi connectivity index (χ3n) is 2.78. The Morgan fingerprint density at radius 2 is 2.20 bits per heavy atom. The van der Waals surface area contributed by atoms with Gasteiger partial charge in [0.15, 0.2) is 0 Å². The van der Waals surface area contributed by atoms with Crippen molar-refractivity contribution in [2.75, 3.05) is 0 Å². The van der Waals surface area contributed by atoms with Gasteiger partial charge < -0.3 is 5.11 Å². The predicted octanol–water partition coefficient (Wildman–Crippen LogP) is 1.72. The van der Waals surface area contributed by atoms with Crippen LogP contribution in [0.1, 0.15) is 19.3 Å². The van der Waals surface area contributed by atoms with Crippen molar-refractivity contribution in [2.45, 2.75) is 30.6 Å². The van der Waals surface area contributed by atoms with E-state index in [2.05, 4.69) is 11.7 Å². The molecule has 1 N–H and O–H groups in total. The molecule has 4 atom stereocenters. The summed E-state index contributed by atoms with van der Waals surface area (Å²) in [4.78, 5) is 0. The molecule has 0 radical (unpaired) electrons. The minimum Gasteiger partial charge on any atom is -0.392 e. The standard InChI is InChI=1S/C7H12OS2/c8-7-4-2-1-3-5(10-9)6(4)7/h4-9H,1-3H2. The molecule has 2 fully saturated rings. The van der Waals surface area contributed by atoms with E-state index in [1.165, 1.54) is 19.3 Å². The number of hydrogen-bond donors (Lipinski definition) is 2. The van der Waals surface area contributed by atoms with Gasteiger partial charge in [-0.25, -0.2) is 0 Å². The van der Waals surface area contributed by atoms with Crippen molar-refractivity contribution in [1.29, 1.82) is 0 Å². The molecule has 2 rings (SSSR count). The third-order valence-corrected chi connectivity index (χ3v) is 4.41. The zero-order valence-electron chi connectivity index (χ0n) is 5.73. The van der Waals surface area contributed by atoms with Gasteiger partial charge >= 0.3 is 0 Å². The fraction of sp³-hybridized carbons (Fsp3) is 1.00. The van der Waals surface area contributed by atoms with Gasteiger partial charge in [0, 0.05) is 11.2 Å². The first kappa shape index (κ1) is 7.32. The van der Waals surface area contributed by atoms with Gasteiger partial charge in [0.2, 0.25) is 0 Å².